The SMILES string of the molecule is CCc1cnc(C(C)Nc2nccn(C)c2=O)s1. The molecule has 0 amide bonds. The molecule has 1 unspecified atom stereocenters. The fourth-order valence-corrected chi connectivity index (χ4v) is 2.41. The molecule has 5 nitrogen and oxygen atoms in total. The van der Waals surface area contributed by atoms with Crippen molar-refractivity contribution in [3.05, 3.63) is 38.8 Å². The summed E-state index contributed by atoms with van der Waals surface area (Å²) in [6, 6.07) is -0.0158. The molecule has 0 aliphatic heterocycles. The quantitative estimate of drug-likeness (QED) is 0.917. The molecule has 1 atom stereocenters. The fourth-order valence-electron chi connectivity index (χ4n) is 1.55. The van der Waals surface area contributed by atoms with E-state index in [1.54, 1.807) is 30.8 Å². The number of rotatable bonds is 4. The van der Waals surface area contributed by atoms with E-state index in [1.807, 2.05) is 13.1 Å². The molecular weight excluding hydrogens is 248 g/mol. The number of thiazole rings is 1. The van der Waals surface area contributed by atoms with Crippen molar-refractivity contribution in [2.75, 3.05) is 5.32 Å². The maximum atomic E-state index is 11.8. The second-order valence-electron chi connectivity index (χ2n) is 4.08. The summed E-state index contributed by atoms with van der Waals surface area (Å²) in [6.45, 7) is 4.08. The monoisotopic (exact) mass is 264 g/mol. The molecule has 2 aromatic heterocycles. The van der Waals surface area contributed by atoms with Gasteiger partial charge < -0.3 is 9.88 Å². The summed E-state index contributed by atoms with van der Waals surface area (Å²) in [7, 11) is 1.71. The van der Waals surface area contributed by atoms with Gasteiger partial charge in [0.15, 0.2) is 5.82 Å². The molecule has 2 aromatic rings. The highest BCUT2D eigenvalue weighted by molar-refractivity contribution is 7.11. The summed E-state index contributed by atoms with van der Waals surface area (Å²) < 4.78 is 1.50. The topological polar surface area (TPSA) is 59.8 Å². The van der Waals surface area contributed by atoms with E-state index in [2.05, 4.69) is 22.2 Å². The fraction of sp³-hybridized carbons (Fsp3) is 0.417. The van der Waals surface area contributed by atoms with Gasteiger partial charge in [0.25, 0.3) is 5.56 Å². The first-order valence-corrected chi connectivity index (χ1v) is 6.66. The number of hydrogen-bond acceptors (Lipinski definition) is 5. The van der Waals surface area contributed by atoms with Gasteiger partial charge in [0, 0.05) is 30.5 Å². The second kappa shape index (κ2) is 5.30. The van der Waals surface area contributed by atoms with Gasteiger partial charge in [0.1, 0.15) is 5.01 Å². The average Bonchev–Trinajstić information content (AvgIpc) is 2.83. The zero-order valence-corrected chi connectivity index (χ0v) is 11.5. The first-order chi connectivity index (χ1) is 8.61. The highest BCUT2D eigenvalue weighted by atomic mass is 32.1. The average molecular weight is 264 g/mol. The van der Waals surface area contributed by atoms with Crippen LogP contribution >= 0.6 is 11.3 Å². The lowest BCUT2D eigenvalue weighted by Gasteiger charge is -2.11. The summed E-state index contributed by atoms with van der Waals surface area (Å²) in [4.78, 5) is 21.5. The molecule has 18 heavy (non-hydrogen) atoms. The molecule has 0 bridgehead atoms. The van der Waals surface area contributed by atoms with E-state index in [1.165, 1.54) is 9.44 Å². The predicted octanol–water partition coefficient (Wildman–Crippen LogP) is 1.97. The number of aromatic nitrogens is 3. The minimum atomic E-state index is -0.128. The van der Waals surface area contributed by atoms with Crippen LogP contribution in [0, 0.1) is 0 Å². The van der Waals surface area contributed by atoms with Crippen molar-refractivity contribution in [2.45, 2.75) is 26.3 Å². The minimum Gasteiger partial charge on any atom is -0.357 e. The Hall–Kier alpha value is -1.69. The van der Waals surface area contributed by atoms with Crippen molar-refractivity contribution in [1.29, 1.82) is 0 Å². The van der Waals surface area contributed by atoms with E-state index in [-0.39, 0.29) is 11.6 Å². The maximum absolute atomic E-state index is 11.8. The van der Waals surface area contributed by atoms with Crippen molar-refractivity contribution in [3.63, 3.8) is 0 Å². The standard InChI is InChI=1S/C12H16N4OS/c1-4-9-7-14-11(18-9)8(2)15-10-12(17)16(3)6-5-13-10/h5-8H,4H2,1-3H3,(H,13,15). The van der Waals surface area contributed by atoms with Crippen molar-refractivity contribution in [1.82, 2.24) is 14.5 Å². The van der Waals surface area contributed by atoms with Crippen LogP contribution in [0.4, 0.5) is 5.82 Å². The van der Waals surface area contributed by atoms with Gasteiger partial charge >= 0.3 is 0 Å². The third kappa shape index (κ3) is 2.59. The van der Waals surface area contributed by atoms with Gasteiger partial charge in [-0.25, -0.2) is 9.97 Å². The first kappa shape index (κ1) is 12.8. The van der Waals surface area contributed by atoms with Crippen molar-refractivity contribution < 1.29 is 0 Å². The Balaban J connectivity index is 2.18. The normalized spacial score (nSPS) is 12.4. The number of anilines is 1. The molecule has 0 saturated carbocycles. The highest BCUT2D eigenvalue weighted by Gasteiger charge is 2.12. The number of hydrogen-bond donors (Lipinski definition) is 1. The summed E-state index contributed by atoms with van der Waals surface area (Å²) in [6.07, 6.45) is 6.11. The van der Waals surface area contributed by atoms with E-state index in [0.717, 1.165) is 11.4 Å². The third-order valence-corrected chi connectivity index (χ3v) is 3.98. The summed E-state index contributed by atoms with van der Waals surface area (Å²) >= 11 is 1.66. The predicted molar refractivity (Wildman–Crippen MR) is 73.0 cm³/mol. The van der Waals surface area contributed by atoms with Gasteiger partial charge in [0.2, 0.25) is 0 Å². The van der Waals surface area contributed by atoms with Crippen LogP contribution in [0.1, 0.15) is 29.8 Å². The molecule has 2 heterocycles. The van der Waals surface area contributed by atoms with Crippen molar-refractivity contribution in [3.8, 4) is 0 Å². The molecule has 0 spiro atoms. The first-order valence-electron chi connectivity index (χ1n) is 5.84. The number of aryl methyl sites for hydroxylation is 2. The highest BCUT2D eigenvalue weighted by Crippen LogP contribution is 2.22. The molecule has 0 fully saturated rings. The van der Waals surface area contributed by atoms with Crippen LogP contribution in [0.3, 0.4) is 0 Å². The van der Waals surface area contributed by atoms with Gasteiger partial charge in [-0.1, -0.05) is 6.92 Å². The van der Waals surface area contributed by atoms with E-state index < -0.39 is 0 Å². The molecule has 6 heteroatoms. The van der Waals surface area contributed by atoms with Crippen LogP contribution in [-0.2, 0) is 13.5 Å². The summed E-state index contributed by atoms with van der Waals surface area (Å²) in [5, 5.41) is 4.08. The molecule has 1 N–H and O–H groups in total. The van der Waals surface area contributed by atoms with Crippen LogP contribution in [0.25, 0.3) is 0 Å². The Morgan fingerprint density at radius 2 is 2.28 bits per heavy atom. The molecule has 0 aliphatic rings. The molecule has 0 radical (unpaired) electrons. The Morgan fingerprint density at radius 3 is 2.94 bits per heavy atom. The van der Waals surface area contributed by atoms with E-state index in [4.69, 9.17) is 0 Å². The Bertz CT molecular complexity index is 590. The molecule has 0 aliphatic carbocycles. The molecular formula is C12H16N4OS. The second-order valence-corrected chi connectivity index (χ2v) is 5.22. The van der Waals surface area contributed by atoms with E-state index >= 15 is 0 Å². The van der Waals surface area contributed by atoms with Gasteiger partial charge in [-0.05, 0) is 13.3 Å². The van der Waals surface area contributed by atoms with Crippen LogP contribution in [0.5, 0.6) is 0 Å². The van der Waals surface area contributed by atoms with Gasteiger partial charge in [-0.3, -0.25) is 4.79 Å². The van der Waals surface area contributed by atoms with Gasteiger partial charge in [-0.15, -0.1) is 11.3 Å². The maximum Gasteiger partial charge on any atom is 0.293 e. The third-order valence-electron chi connectivity index (χ3n) is 2.66. The van der Waals surface area contributed by atoms with Crippen LogP contribution in [0.15, 0.2) is 23.4 Å². The van der Waals surface area contributed by atoms with Crippen molar-refractivity contribution in [2.24, 2.45) is 7.05 Å². The van der Waals surface area contributed by atoms with Gasteiger partial charge in [0.05, 0.1) is 6.04 Å². The van der Waals surface area contributed by atoms with E-state index in [9.17, 15) is 4.79 Å². The number of nitrogens with zero attached hydrogens (tertiary/aromatic N) is 3. The summed E-state index contributed by atoms with van der Waals surface area (Å²) in [5.74, 6) is 0.362. The minimum absolute atomic E-state index is 0.0158. The van der Waals surface area contributed by atoms with Crippen LogP contribution < -0.4 is 10.9 Å². The lowest BCUT2D eigenvalue weighted by molar-refractivity contribution is 0.809. The Kier molecular flexibility index (Phi) is 3.76. The molecule has 2 rings (SSSR count). The molecule has 0 saturated heterocycles. The molecule has 0 aromatic carbocycles. The molecule has 96 valence electrons. The Labute approximate surface area is 110 Å². The smallest absolute Gasteiger partial charge is 0.293 e. The largest absolute Gasteiger partial charge is 0.357 e. The van der Waals surface area contributed by atoms with E-state index in [0.29, 0.717) is 5.82 Å². The Morgan fingerprint density at radius 1 is 1.50 bits per heavy atom. The lowest BCUT2D eigenvalue weighted by atomic mass is 10.3. The van der Waals surface area contributed by atoms with Crippen LogP contribution in [-0.4, -0.2) is 14.5 Å². The zero-order valence-electron chi connectivity index (χ0n) is 10.7. The summed E-state index contributed by atoms with van der Waals surface area (Å²) in [5.41, 5.74) is -0.128. The van der Waals surface area contributed by atoms with Gasteiger partial charge in [-0.2, -0.15) is 0 Å². The zero-order chi connectivity index (χ0) is 13.1. The van der Waals surface area contributed by atoms with Crippen molar-refractivity contribution >= 4 is 17.2 Å². The number of nitrogens with one attached hydrogen (secondary N) is 1. The lowest BCUT2D eigenvalue weighted by Crippen LogP contribution is -2.23. The van der Waals surface area contributed by atoms with Crippen LogP contribution in [0.2, 0.25) is 0 Å².